The van der Waals surface area contributed by atoms with Crippen molar-refractivity contribution in [2.75, 3.05) is 32.6 Å². The molecular weight excluding hydrogens is 190 g/mol. The van der Waals surface area contributed by atoms with Gasteiger partial charge in [0.25, 0.3) is 0 Å². The third-order valence-electron chi connectivity index (χ3n) is 2.12. The van der Waals surface area contributed by atoms with Crippen LogP contribution in [-0.4, -0.2) is 32.2 Å². The minimum Gasteiger partial charge on any atom is -0.481 e. The first kappa shape index (κ1) is 11.8. The maximum atomic E-state index is 5.05. The predicted octanol–water partition coefficient (Wildman–Crippen LogP) is 1.36. The molecule has 15 heavy (non-hydrogen) atoms. The molecule has 1 atom stereocenters. The van der Waals surface area contributed by atoms with Crippen molar-refractivity contribution in [1.29, 1.82) is 0 Å². The van der Waals surface area contributed by atoms with Crippen LogP contribution in [0.5, 0.6) is 5.88 Å². The van der Waals surface area contributed by atoms with Crippen LogP contribution in [-0.2, 0) is 0 Å². The molecule has 0 amide bonds. The van der Waals surface area contributed by atoms with Gasteiger partial charge in [-0.1, -0.05) is 13.0 Å². The van der Waals surface area contributed by atoms with Gasteiger partial charge in [0.2, 0.25) is 5.88 Å². The Morgan fingerprint density at radius 2 is 2.20 bits per heavy atom. The number of methoxy groups -OCH3 is 1. The van der Waals surface area contributed by atoms with Crippen molar-refractivity contribution in [3.63, 3.8) is 0 Å². The topological polar surface area (TPSA) is 46.2 Å². The van der Waals surface area contributed by atoms with Gasteiger partial charge < -0.3 is 15.4 Å². The van der Waals surface area contributed by atoms with Crippen LogP contribution in [0.2, 0.25) is 0 Å². The van der Waals surface area contributed by atoms with Gasteiger partial charge in [-0.3, -0.25) is 0 Å². The van der Waals surface area contributed by atoms with Crippen LogP contribution in [0, 0.1) is 5.92 Å². The number of rotatable bonds is 6. The quantitative estimate of drug-likeness (QED) is 0.742. The largest absolute Gasteiger partial charge is 0.481 e. The normalized spacial score (nSPS) is 12.2. The summed E-state index contributed by atoms with van der Waals surface area (Å²) in [5, 5.41) is 6.41. The molecule has 1 aromatic heterocycles. The zero-order valence-electron chi connectivity index (χ0n) is 9.58. The van der Waals surface area contributed by atoms with E-state index in [0.29, 0.717) is 11.8 Å². The maximum absolute atomic E-state index is 5.05. The molecule has 1 heterocycles. The number of anilines is 1. The molecular formula is C11H19N3O. The van der Waals surface area contributed by atoms with E-state index in [0.717, 1.165) is 18.9 Å². The monoisotopic (exact) mass is 209 g/mol. The van der Waals surface area contributed by atoms with Crippen molar-refractivity contribution in [2.45, 2.75) is 6.92 Å². The third kappa shape index (κ3) is 4.16. The molecule has 4 heteroatoms. The smallest absolute Gasteiger partial charge is 0.214 e. The summed E-state index contributed by atoms with van der Waals surface area (Å²) in [5.41, 5.74) is 0. The highest BCUT2D eigenvalue weighted by molar-refractivity contribution is 5.36. The molecule has 1 aromatic rings. The number of nitrogens with zero attached hydrogens (tertiary/aromatic N) is 1. The van der Waals surface area contributed by atoms with Crippen LogP contribution in [0.25, 0.3) is 0 Å². The molecule has 0 aliphatic carbocycles. The second kappa shape index (κ2) is 6.24. The van der Waals surface area contributed by atoms with Gasteiger partial charge in [-0.25, -0.2) is 0 Å². The fourth-order valence-electron chi connectivity index (χ4n) is 1.33. The van der Waals surface area contributed by atoms with E-state index < -0.39 is 0 Å². The van der Waals surface area contributed by atoms with Crippen LogP contribution in [0.3, 0.4) is 0 Å². The third-order valence-corrected chi connectivity index (χ3v) is 2.12. The Kier molecular flexibility index (Phi) is 4.90. The van der Waals surface area contributed by atoms with Crippen molar-refractivity contribution in [3.05, 3.63) is 18.2 Å². The Bertz CT molecular complexity index is 291. The summed E-state index contributed by atoms with van der Waals surface area (Å²) in [4.78, 5) is 4.27. The number of pyridine rings is 1. The van der Waals surface area contributed by atoms with Gasteiger partial charge in [-0.2, -0.15) is 4.98 Å². The Balaban J connectivity index is 2.43. The Morgan fingerprint density at radius 1 is 1.40 bits per heavy atom. The lowest BCUT2D eigenvalue weighted by molar-refractivity contribution is 0.398. The predicted molar refractivity (Wildman–Crippen MR) is 62.4 cm³/mol. The van der Waals surface area contributed by atoms with E-state index in [2.05, 4.69) is 22.5 Å². The number of nitrogens with one attached hydrogen (secondary N) is 2. The first-order valence-electron chi connectivity index (χ1n) is 5.15. The lowest BCUT2D eigenvalue weighted by Gasteiger charge is -2.12. The summed E-state index contributed by atoms with van der Waals surface area (Å²) in [6.07, 6.45) is 0. The molecule has 0 aromatic carbocycles. The van der Waals surface area contributed by atoms with Crippen molar-refractivity contribution >= 4 is 5.82 Å². The van der Waals surface area contributed by atoms with Crippen LogP contribution in [0.1, 0.15) is 6.92 Å². The Morgan fingerprint density at radius 3 is 2.87 bits per heavy atom. The van der Waals surface area contributed by atoms with E-state index in [4.69, 9.17) is 4.74 Å². The Labute approximate surface area is 91.1 Å². The van der Waals surface area contributed by atoms with E-state index >= 15 is 0 Å². The summed E-state index contributed by atoms with van der Waals surface area (Å²) in [6.45, 7) is 4.08. The molecule has 0 fully saturated rings. The van der Waals surface area contributed by atoms with Gasteiger partial charge in [0.15, 0.2) is 0 Å². The van der Waals surface area contributed by atoms with Crippen LogP contribution in [0.4, 0.5) is 5.82 Å². The standard InChI is InChI=1S/C11H19N3O/c1-9(7-12-2)8-13-10-5-4-6-11(14-10)15-3/h4-6,9,12H,7-8H2,1-3H3,(H,13,14). The zero-order chi connectivity index (χ0) is 11.1. The first-order chi connectivity index (χ1) is 7.26. The first-order valence-corrected chi connectivity index (χ1v) is 5.15. The molecule has 2 N–H and O–H groups in total. The molecule has 0 saturated heterocycles. The average Bonchev–Trinajstić information content (AvgIpc) is 2.27. The lowest BCUT2D eigenvalue weighted by Crippen LogP contribution is -2.23. The maximum Gasteiger partial charge on any atom is 0.214 e. The van der Waals surface area contributed by atoms with E-state index in [1.165, 1.54) is 0 Å². The molecule has 1 unspecified atom stereocenters. The number of aromatic nitrogens is 1. The number of hydrogen-bond donors (Lipinski definition) is 2. The summed E-state index contributed by atoms with van der Waals surface area (Å²) < 4.78 is 5.05. The second-order valence-corrected chi connectivity index (χ2v) is 3.61. The van der Waals surface area contributed by atoms with Gasteiger partial charge in [-0.15, -0.1) is 0 Å². The Hall–Kier alpha value is -1.29. The van der Waals surface area contributed by atoms with Crippen LogP contribution in [0.15, 0.2) is 18.2 Å². The highest BCUT2D eigenvalue weighted by Gasteiger charge is 2.01. The van der Waals surface area contributed by atoms with E-state index in [1.54, 1.807) is 7.11 Å². The van der Waals surface area contributed by atoms with Gasteiger partial charge in [0.1, 0.15) is 5.82 Å². The van der Waals surface area contributed by atoms with Gasteiger partial charge >= 0.3 is 0 Å². The van der Waals surface area contributed by atoms with E-state index in [-0.39, 0.29) is 0 Å². The number of ether oxygens (including phenoxy) is 1. The average molecular weight is 209 g/mol. The molecule has 0 bridgehead atoms. The highest BCUT2D eigenvalue weighted by atomic mass is 16.5. The summed E-state index contributed by atoms with van der Waals surface area (Å²) in [6, 6.07) is 5.70. The van der Waals surface area contributed by atoms with Crippen LogP contribution < -0.4 is 15.4 Å². The molecule has 0 aliphatic rings. The zero-order valence-corrected chi connectivity index (χ0v) is 9.58. The van der Waals surface area contributed by atoms with E-state index in [1.807, 2.05) is 25.2 Å². The van der Waals surface area contributed by atoms with Crippen molar-refractivity contribution in [1.82, 2.24) is 10.3 Å². The molecule has 84 valence electrons. The fourth-order valence-corrected chi connectivity index (χ4v) is 1.33. The number of hydrogen-bond acceptors (Lipinski definition) is 4. The lowest BCUT2D eigenvalue weighted by atomic mass is 10.2. The summed E-state index contributed by atoms with van der Waals surface area (Å²) in [7, 11) is 3.58. The molecule has 0 saturated carbocycles. The minimum absolute atomic E-state index is 0.572. The van der Waals surface area contributed by atoms with Gasteiger partial charge in [0.05, 0.1) is 7.11 Å². The van der Waals surface area contributed by atoms with E-state index in [9.17, 15) is 0 Å². The van der Waals surface area contributed by atoms with Crippen molar-refractivity contribution in [2.24, 2.45) is 5.92 Å². The van der Waals surface area contributed by atoms with Crippen molar-refractivity contribution in [3.8, 4) is 5.88 Å². The SMILES string of the molecule is CNCC(C)CNc1cccc(OC)n1. The minimum atomic E-state index is 0.572. The summed E-state index contributed by atoms with van der Waals surface area (Å²) >= 11 is 0. The van der Waals surface area contributed by atoms with Crippen molar-refractivity contribution < 1.29 is 4.74 Å². The second-order valence-electron chi connectivity index (χ2n) is 3.61. The summed E-state index contributed by atoms with van der Waals surface area (Å²) in [5.74, 6) is 2.07. The van der Waals surface area contributed by atoms with Crippen LogP contribution >= 0.6 is 0 Å². The fraction of sp³-hybridized carbons (Fsp3) is 0.545. The molecule has 0 aliphatic heterocycles. The highest BCUT2D eigenvalue weighted by Crippen LogP contribution is 2.10. The van der Waals surface area contributed by atoms with Gasteiger partial charge in [0, 0.05) is 12.6 Å². The molecule has 0 radical (unpaired) electrons. The molecule has 1 rings (SSSR count). The molecule has 0 spiro atoms. The molecule has 4 nitrogen and oxygen atoms in total. The van der Waals surface area contributed by atoms with Gasteiger partial charge in [-0.05, 0) is 25.6 Å².